The summed E-state index contributed by atoms with van der Waals surface area (Å²) < 4.78 is 4.91. The van der Waals surface area contributed by atoms with E-state index in [-0.39, 0.29) is 9.88 Å². The van der Waals surface area contributed by atoms with Crippen LogP contribution in [0.2, 0.25) is 0 Å². The molecule has 1 atom stereocenters. The topological polar surface area (TPSA) is 128 Å². The van der Waals surface area contributed by atoms with Crippen molar-refractivity contribution in [2.24, 2.45) is 0 Å². The van der Waals surface area contributed by atoms with Crippen LogP contribution in [-0.4, -0.2) is 28.8 Å². The van der Waals surface area contributed by atoms with E-state index in [1.807, 2.05) is 0 Å². The third-order valence-electron chi connectivity index (χ3n) is 2.96. The van der Waals surface area contributed by atoms with Crippen LogP contribution >= 0.6 is 11.3 Å². The number of thiophene rings is 1. The number of hydrazine groups is 1. The largest absolute Gasteiger partial charge is 0.448 e. The van der Waals surface area contributed by atoms with E-state index >= 15 is 0 Å². The van der Waals surface area contributed by atoms with E-state index in [2.05, 4.69) is 10.9 Å². The summed E-state index contributed by atoms with van der Waals surface area (Å²) >= 11 is 0.643. The zero-order valence-electron chi connectivity index (χ0n) is 12.9. The summed E-state index contributed by atoms with van der Waals surface area (Å²) in [5.74, 6) is -2.14. The van der Waals surface area contributed by atoms with Gasteiger partial charge in [-0.15, -0.1) is 0 Å². The minimum Gasteiger partial charge on any atom is -0.448 e. The predicted octanol–water partition coefficient (Wildman–Crippen LogP) is 1.66. The van der Waals surface area contributed by atoms with Gasteiger partial charge in [0.25, 0.3) is 11.8 Å². The van der Waals surface area contributed by atoms with Crippen molar-refractivity contribution in [1.29, 1.82) is 0 Å². The highest BCUT2D eigenvalue weighted by molar-refractivity contribution is 7.17. The number of rotatable bonds is 5. The van der Waals surface area contributed by atoms with Crippen LogP contribution in [0.4, 0.5) is 5.00 Å². The van der Waals surface area contributed by atoms with Crippen LogP contribution in [0, 0.1) is 10.1 Å². The summed E-state index contributed by atoms with van der Waals surface area (Å²) in [4.78, 5) is 45.5. The van der Waals surface area contributed by atoms with Crippen LogP contribution in [0.5, 0.6) is 0 Å². The molecule has 130 valence electrons. The summed E-state index contributed by atoms with van der Waals surface area (Å²) in [6.45, 7) is 1.31. The molecular formula is C15H13N3O6S. The molecule has 0 aliphatic rings. The van der Waals surface area contributed by atoms with Crippen LogP contribution in [0.3, 0.4) is 0 Å². The number of nitrogens with one attached hydrogen (secondary N) is 2. The van der Waals surface area contributed by atoms with Crippen molar-refractivity contribution in [1.82, 2.24) is 10.9 Å². The Balaban J connectivity index is 1.86. The van der Waals surface area contributed by atoms with Crippen molar-refractivity contribution in [3.05, 3.63) is 63.0 Å². The molecular weight excluding hydrogens is 350 g/mol. The van der Waals surface area contributed by atoms with Crippen LogP contribution in [0.25, 0.3) is 0 Å². The predicted molar refractivity (Wildman–Crippen MR) is 87.9 cm³/mol. The molecule has 0 bridgehead atoms. The Labute approximate surface area is 145 Å². The zero-order chi connectivity index (χ0) is 18.4. The molecule has 0 radical (unpaired) electrons. The maximum atomic E-state index is 11.9. The van der Waals surface area contributed by atoms with Crippen LogP contribution < -0.4 is 10.9 Å². The summed E-state index contributed by atoms with van der Waals surface area (Å²) in [5.41, 5.74) is 4.68. The lowest BCUT2D eigenvalue weighted by molar-refractivity contribution is -0.380. The molecule has 0 aliphatic heterocycles. The Morgan fingerprint density at radius 2 is 1.80 bits per heavy atom. The number of ether oxygens (including phenoxy) is 1. The molecule has 9 nitrogen and oxygen atoms in total. The van der Waals surface area contributed by atoms with E-state index in [9.17, 15) is 24.5 Å². The second-order valence-corrected chi connectivity index (χ2v) is 5.81. The van der Waals surface area contributed by atoms with Crippen molar-refractivity contribution in [3.63, 3.8) is 0 Å². The summed E-state index contributed by atoms with van der Waals surface area (Å²) in [5, 5.41) is 10.4. The first-order valence-electron chi connectivity index (χ1n) is 6.99. The molecule has 2 aromatic rings. The van der Waals surface area contributed by atoms with E-state index < -0.39 is 28.8 Å². The van der Waals surface area contributed by atoms with Crippen molar-refractivity contribution in [3.8, 4) is 0 Å². The van der Waals surface area contributed by atoms with E-state index in [4.69, 9.17) is 4.74 Å². The Bertz CT molecular complexity index is 805. The van der Waals surface area contributed by atoms with E-state index in [1.54, 1.807) is 30.3 Å². The van der Waals surface area contributed by atoms with E-state index in [1.165, 1.54) is 19.1 Å². The molecule has 0 unspecified atom stereocenters. The molecule has 0 fully saturated rings. The molecule has 0 aliphatic carbocycles. The summed E-state index contributed by atoms with van der Waals surface area (Å²) in [7, 11) is 0. The number of carbonyl (C=O) groups excluding carboxylic acids is 3. The van der Waals surface area contributed by atoms with Crippen LogP contribution in [0.1, 0.15) is 27.0 Å². The molecule has 25 heavy (non-hydrogen) atoms. The average molecular weight is 363 g/mol. The van der Waals surface area contributed by atoms with Gasteiger partial charge >= 0.3 is 11.0 Å². The number of benzene rings is 1. The second-order valence-electron chi connectivity index (χ2n) is 4.75. The molecule has 2 N–H and O–H groups in total. The number of amides is 2. The van der Waals surface area contributed by atoms with E-state index in [0.29, 0.717) is 16.9 Å². The monoisotopic (exact) mass is 363 g/mol. The Morgan fingerprint density at radius 3 is 2.40 bits per heavy atom. The summed E-state index contributed by atoms with van der Waals surface area (Å²) in [6.07, 6.45) is -1.20. The van der Waals surface area contributed by atoms with Gasteiger partial charge < -0.3 is 4.74 Å². The highest BCUT2D eigenvalue weighted by Crippen LogP contribution is 2.24. The van der Waals surface area contributed by atoms with Crippen molar-refractivity contribution >= 4 is 34.1 Å². The number of carbonyl (C=O) groups is 3. The maximum Gasteiger partial charge on any atom is 0.349 e. The van der Waals surface area contributed by atoms with Crippen molar-refractivity contribution < 1.29 is 24.0 Å². The number of hydrogen-bond donors (Lipinski definition) is 2. The van der Waals surface area contributed by atoms with Gasteiger partial charge in [-0.25, -0.2) is 4.79 Å². The number of nitro groups is 1. The molecule has 10 heteroatoms. The van der Waals surface area contributed by atoms with Gasteiger partial charge in [-0.3, -0.25) is 30.6 Å². The fraction of sp³-hybridized carbons (Fsp3) is 0.133. The third kappa shape index (κ3) is 4.85. The van der Waals surface area contributed by atoms with Crippen molar-refractivity contribution in [2.75, 3.05) is 0 Å². The SMILES string of the molecule is C[C@@H](OC(=O)c1ccc([N+](=O)[O-])s1)C(=O)NNC(=O)c1ccccc1. The second kappa shape index (κ2) is 8.02. The van der Waals surface area contributed by atoms with Gasteiger partial charge in [0, 0.05) is 11.6 Å². The highest BCUT2D eigenvalue weighted by Gasteiger charge is 2.22. The lowest BCUT2D eigenvalue weighted by atomic mass is 10.2. The van der Waals surface area contributed by atoms with Gasteiger partial charge in [-0.05, 0) is 25.1 Å². The first-order valence-corrected chi connectivity index (χ1v) is 7.80. The Morgan fingerprint density at radius 1 is 1.12 bits per heavy atom. The molecule has 1 aromatic heterocycles. The molecule has 2 amide bonds. The first-order chi connectivity index (χ1) is 11.9. The third-order valence-corrected chi connectivity index (χ3v) is 3.98. The van der Waals surface area contributed by atoms with Gasteiger partial charge in [-0.1, -0.05) is 29.5 Å². The van der Waals surface area contributed by atoms with Gasteiger partial charge in [-0.2, -0.15) is 0 Å². The molecule has 0 saturated carbocycles. The lowest BCUT2D eigenvalue weighted by Crippen LogP contribution is -2.46. The zero-order valence-corrected chi connectivity index (χ0v) is 13.7. The Kier molecular flexibility index (Phi) is 5.79. The molecule has 0 spiro atoms. The number of hydrogen-bond acceptors (Lipinski definition) is 7. The molecule has 0 saturated heterocycles. The quantitative estimate of drug-likeness (QED) is 0.472. The van der Waals surface area contributed by atoms with Gasteiger partial charge in [0.15, 0.2) is 6.10 Å². The van der Waals surface area contributed by atoms with Gasteiger partial charge in [0.2, 0.25) is 0 Å². The Hall–Kier alpha value is -3.27. The normalized spacial score (nSPS) is 11.2. The van der Waals surface area contributed by atoms with Crippen LogP contribution in [-0.2, 0) is 9.53 Å². The first kappa shape index (κ1) is 18.1. The molecule has 1 heterocycles. The maximum absolute atomic E-state index is 11.9. The summed E-state index contributed by atoms with van der Waals surface area (Å²) in [6, 6.07) is 10.6. The average Bonchev–Trinajstić information content (AvgIpc) is 3.10. The smallest absolute Gasteiger partial charge is 0.349 e. The minimum atomic E-state index is -1.20. The highest BCUT2D eigenvalue weighted by atomic mass is 32.1. The minimum absolute atomic E-state index is 0.000305. The fourth-order valence-corrected chi connectivity index (χ4v) is 2.39. The standard InChI is InChI=1S/C15H13N3O6S/c1-9(24-15(21)11-7-8-12(25-11)18(22)23)13(19)16-17-14(20)10-5-3-2-4-6-10/h2-9H,1H3,(H,16,19)(H,17,20)/t9-/m1/s1. The fourth-order valence-electron chi connectivity index (χ4n) is 1.69. The van der Waals surface area contributed by atoms with Gasteiger partial charge in [0.05, 0.1) is 4.92 Å². The molecule has 1 aromatic carbocycles. The van der Waals surface area contributed by atoms with Crippen LogP contribution in [0.15, 0.2) is 42.5 Å². The lowest BCUT2D eigenvalue weighted by Gasteiger charge is -2.13. The number of esters is 1. The van der Waals surface area contributed by atoms with Gasteiger partial charge in [0.1, 0.15) is 4.88 Å². The van der Waals surface area contributed by atoms with Crippen molar-refractivity contribution in [2.45, 2.75) is 13.0 Å². The van der Waals surface area contributed by atoms with E-state index in [0.717, 1.165) is 0 Å². The number of nitrogens with zero attached hydrogens (tertiary/aromatic N) is 1. The molecule has 2 rings (SSSR count).